The average Bonchev–Trinajstić information content (AvgIpc) is 3.05. The summed E-state index contributed by atoms with van der Waals surface area (Å²) in [5, 5.41) is 22.5. The SMILES string of the molecule is C=CCNC(=S)N/N=C/c1cccc(OCc2ccc3no[n+]([O-])c3c2)c1. The molecular formula is C18H17N5O3S. The molecule has 2 N–H and O–H groups in total. The fourth-order valence-corrected chi connectivity index (χ4v) is 2.36. The minimum atomic E-state index is 0.301. The molecule has 138 valence electrons. The van der Waals surface area contributed by atoms with E-state index in [0.717, 1.165) is 11.1 Å². The van der Waals surface area contributed by atoms with Crippen molar-refractivity contribution in [3.63, 3.8) is 0 Å². The van der Waals surface area contributed by atoms with Crippen molar-refractivity contribution in [3.05, 3.63) is 71.5 Å². The van der Waals surface area contributed by atoms with Gasteiger partial charge in [-0.1, -0.05) is 24.3 Å². The van der Waals surface area contributed by atoms with Crippen LogP contribution in [0.2, 0.25) is 0 Å². The van der Waals surface area contributed by atoms with Crippen molar-refractivity contribution >= 4 is 34.6 Å². The Balaban J connectivity index is 1.59. The van der Waals surface area contributed by atoms with Gasteiger partial charge < -0.3 is 15.3 Å². The summed E-state index contributed by atoms with van der Waals surface area (Å²) in [7, 11) is 0. The highest BCUT2D eigenvalue weighted by molar-refractivity contribution is 7.80. The summed E-state index contributed by atoms with van der Waals surface area (Å²) in [6.45, 7) is 4.47. The van der Waals surface area contributed by atoms with Crippen LogP contribution in [-0.2, 0) is 6.61 Å². The first-order valence-electron chi connectivity index (χ1n) is 8.05. The van der Waals surface area contributed by atoms with Crippen LogP contribution >= 0.6 is 12.2 Å². The van der Waals surface area contributed by atoms with E-state index < -0.39 is 0 Å². The van der Waals surface area contributed by atoms with Gasteiger partial charge >= 0.3 is 0 Å². The molecule has 27 heavy (non-hydrogen) atoms. The lowest BCUT2D eigenvalue weighted by Gasteiger charge is -2.07. The van der Waals surface area contributed by atoms with Gasteiger partial charge in [-0.05, 0) is 46.4 Å². The predicted octanol–water partition coefficient (Wildman–Crippen LogP) is 2.02. The molecule has 1 heterocycles. The van der Waals surface area contributed by atoms with Gasteiger partial charge in [0.2, 0.25) is 11.0 Å². The van der Waals surface area contributed by atoms with Gasteiger partial charge in [0.15, 0.2) is 5.11 Å². The lowest BCUT2D eigenvalue weighted by atomic mass is 10.2. The number of nitrogens with one attached hydrogen (secondary N) is 2. The number of rotatable bonds is 7. The molecule has 8 nitrogen and oxygen atoms in total. The maximum absolute atomic E-state index is 11.5. The van der Waals surface area contributed by atoms with Gasteiger partial charge in [-0.2, -0.15) is 5.10 Å². The van der Waals surface area contributed by atoms with Crippen molar-refractivity contribution in [2.45, 2.75) is 6.61 Å². The maximum Gasteiger partial charge on any atom is 0.248 e. The van der Waals surface area contributed by atoms with E-state index in [1.54, 1.807) is 24.4 Å². The first-order chi connectivity index (χ1) is 13.2. The van der Waals surface area contributed by atoms with Crippen molar-refractivity contribution in [3.8, 4) is 5.75 Å². The molecule has 0 bridgehead atoms. The summed E-state index contributed by atoms with van der Waals surface area (Å²) in [5.74, 6) is 0.673. The Labute approximate surface area is 160 Å². The third-order valence-corrected chi connectivity index (χ3v) is 3.74. The molecule has 3 rings (SSSR count). The van der Waals surface area contributed by atoms with E-state index >= 15 is 0 Å². The van der Waals surface area contributed by atoms with Gasteiger partial charge in [-0.15, -0.1) is 6.58 Å². The highest BCUT2D eigenvalue weighted by Gasteiger charge is 2.09. The summed E-state index contributed by atoms with van der Waals surface area (Å²) in [6, 6.07) is 12.7. The monoisotopic (exact) mass is 383 g/mol. The van der Waals surface area contributed by atoms with Crippen molar-refractivity contribution < 1.29 is 14.3 Å². The molecular weight excluding hydrogens is 366 g/mol. The van der Waals surface area contributed by atoms with Crippen LogP contribution in [0.4, 0.5) is 0 Å². The second-order valence-corrected chi connectivity index (χ2v) is 5.89. The number of hydrogen-bond acceptors (Lipinski definition) is 6. The highest BCUT2D eigenvalue weighted by atomic mass is 32.1. The second kappa shape index (κ2) is 8.77. The fraction of sp³-hybridized carbons (Fsp3) is 0.111. The van der Waals surface area contributed by atoms with Gasteiger partial charge in [0, 0.05) is 17.8 Å². The normalized spacial score (nSPS) is 10.8. The molecule has 0 spiro atoms. The topological polar surface area (TPSA) is 98.6 Å². The van der Waals surface area contributed by atoms with E-state index in [0.29, 0.717) is 40.0 Å². The number of benzene rings is 2. The molecule has 0 unspecified atom stereocenters. The highest BCUT2D eigenvalue weighted by Crippen LogP contribution is 2.16. The zero-order valence-electron chi connectivity index (χ0n) is 14.3. The molecule has 0 saturated carbocycles. The predicted molar refractivity (Wildman–Crippen MR) is 105 cm³/mol. The lowest BCUT2D eigenvalue weighted by molar-refractivity contribution is -0.782. The largest absolute Gasteiger partial charge is 0.489 e. The van der Waals surface area contributed by atoms with Crippen LogP contribution in [0, 0.1) is 5.21 Å². The minimum absolute atomic E-state index is 0.301. The number of hydrogen-bond donors (Lipinski definition) is 2. The van der Waals surface area contributed by atoms with Gasteiger partial charge in [-0.25, -0.2) is 0 Å². The third kappa shape index (κ3) is 5.02. The van der Waals surface area contributed by atoms with E-state index in [1.165, 1.54) is 0 Å². The Hall–Kier alpha value is -3.46. The summed E-state index contributed by atoms with van der Waals surface area (Å²) in [6.07, 6.45) is 3.34. The van der Waals surface area contributed by atoms with E-state index in [-0.39, 0.29) is 0 Å². The molecule has 0 radical (unpaired) electrons. The first kappa shape index (κ1) is 18.3. The van der Waals surface area contributed by atoms with Crippen LogP contribution in [0.15, 0.2) is 64.8 Å². The van der Waals surface area contributed by atoms with E-state index in [2.05, 4.69) is 32.2 Å². The molecule has 2 aromatic carbocycles. The van der Waals surface area contributed by atoms with Gasteiger partial charge in [0.25, 0.3) is 0 Å². The molecule has 9 heteroatoms. The van der Waals surface area contributed by atoms with Crippen LogP contribution in [0.1, 0.15) is 11.1 Å². The molecule has 1 aromatic heterocycles. The minimum Gasteiger partial charge on any atom is -0.489 e. The molecule has 0 aliphatic heterocycles. The number of ether oxygens (including phenoxy) is 1. The molecule has 0 amide bonds. The first-order valence-corrected chi connectivity index (χ1v) is 8.45. The number of hydrazone groups is 1. The smallest absolute Gasteiger partial charge is 0.248 e. The zero-order chi connectivity index (χ0) is 19.1. The maximum atomic E-state index is 11.5. The Morgan fingerprint density at radius 1 is 1.37 bits per heavy atom. The third-order valence-electron chi connectivity index (χ3n) is 3.50. The summed E-state index contributed by atoms with van der Waals surface area (Å²) in [4.78, 5) is 0.372. The zero-order valence-corrected chi connectivity index (χ0v) is 15.1. The van der Waals surface area contributed by atoms with E-state index in [4.69, 9.17) is 17.0 Å². The van der Waals surface area contributed by atoms with Gasteiger partial charge in [-0.3, -0.25) is 10.1 Å². The van der Waals surface area contributed by atoms with Crippen LogP contribution in [0.5, 0.6) is 5.75 Å². The Morgan fingerprint density at radius 2 is 2.26 bits per heavy atom. The van der Waals surface area contributed by atoms with Crippen LogP contribution in [0.3, 0.4) is 0 Å². The quantitative estimate of drug-likeness (QED) is 0.212. The second-order valence-electron chi connectivity index (χ2n) is 5.48. The van der Waals surface area contributed by atoms with Crippen LogP contribution in [0.25, 0.3) is 11.0 Å². The summed E-state index contributed by atoms with van der Waals surface area (Å²) < 4.78 is 10.3. The number of fused-ring (bicyclic) bond motifs is 1. The molecule has 0 fully saturated rings. The standard InChI is InChI=1S/C18H17N5O3S/c1-2-8-19-18(27)21-20-11-13-4-3-5-15(9-13)25-12-14-6-7-16-17(10-14)23(24)26-22-16/h2-7,9-11H,1,8,12H2,(H2,19,21,27)/b20-11+. The number of nitrogens with zero attached hydrogens (tertiary/aromatic N) is 3. The average molecular weight is 383 g/mol. The fourth-order valence-electron chi connectivity index (χ4n) is 2.23. The Bertz CT molecular complexity index is 986. The van der Waals surface area contributed by atoms with E-state index in [9.17, 15) is 5.21 Å². The van der Waals surface area contributed by atoms with E-state index in [1.807, 2.05) is 30.3 Å². The summed E-state index contributed by atoms with van der Waals surface area (Å²) >= 11 is 5.05. The number of aromatic nitrogens is 2. The number of thiocarbonyl (C=S) groups is 1. The van der Waals surface area contributed by atoms with Crippen molar-refractivity contribution in [1.29, 1.82) is 0 Å². The molecule has 3 aromatic rings. The van der Waals surface area contributed by atoms with Crippen LogP contribution < -0.4 is 20.4 Å². The lowest BCUT2D eigenvalue weighted by Crippen LogP contribution is -2.31. The Kier molecular flexibility index (Phi) is 5.95. The Morgan fingerprint density at radius 3 is 3.11 bits per heavy atom. The molecule has 0 aliphatic carbocycles. The summed E-state index contributed by atoms with van der Waals surface area (Å²) in [5.41, 5.74) is 5.26. The van der Waals surface area contributed by atoms with Crippen molar-refractivity contribution in [2.75, 3.05) is 6.54 Å². The van der Waals surface area contributed by atoms with Crippen molar-refractivity contribution in [2.24, 2.45) is 5.10 Å². The van der Waals surface area contributed by atoms with Crippen molar-refractivity contribution in [1.82, 2.24) is 15.9 Å². The van der Waals surface area contributed by atoms with Gasteiger partial charge in [0.05, 0.1) is 6.21 Å². The molecule has 0 atom stereocenters. The van der Waals surface area contributed by atoms with Gasteiger partial charge in [0.1, 0.15) is 12.4 Å². The molecule has 0 aliphatic rings. The van der Waals surface area contributed by atoms with Crippen LogP contribution in [-0.4, -0.2) is 23.0 Å². The molecule has 0 saturated heterocycles.